The van der Waals surface area contributed by atoms with Crippen LogP contribution in [0.25, 0.3) is 0 Å². The second kappa shape index (κ2) is 5.50. The lowest BCUT2D eigenvalue weighted by atomic mass is 10.1. The zero-order chi connectivity index (χ0) is 11.3. The van der Waals surface area contributed by atoms with E-state index >= 15 is 0 Å². The van der Waals surface area contributed by atoms with E-state index in [1.165, 1.54) is 18.2 Å². The highest BCUT2D eigenvalue weighted by atomic mass is 35.5. The van der Waals surface area contributed by atoms with Gasteiger partial charge in [-0.15, -0.1) is 0 Å². The molecule has 0 saturated heterocycles. The first-order chi connectivity index (χ1) is 7.13. The van der Waals surface area contributed by atoms with E-state index in [1.54, 1.807) is 0 Å². The van der Waals surface area contributed by atoms with Crippen LogP contribution in [0.4, 0.5) is 4.39 Å². The molecule has 0 unspecified atom stereocenters. The van der Waals surface area contributed by atoms with Gasteiger partial charge < -0.3 is 5.32 Å². The van der Waals surface area contributed by atoms with Crippen LogP contribution in [0, 0.1) is 17.1 Å². The molecule has 1 N–H and O–H groups in total. The van der Waals surface area contributed by atoms with Crippen molar-refractivity contribution in [3.63, 3.8) is 0 Å². The number of hydrogen-bond donors (Lipinski definition) is 1. The summed E-state index contributed by atoms with van der Waals surface area (Å²) in [6, 6.07) is 6.06. The van der Waals surface area contributed by atoms with Crippen molar-refractivity contribution in [1.82, 2.24) is 5.32 Å². The van der Waals surface area contributed by atoms with Gasteiger partial charge in [0, 0.05) is 18.1 Å². The molecular weight excluding hydrogens is 215 g/mol. The minimum absolute atomic E-state index is 0.351. The van der Waals surface area contributed by atoms with Crippen molar-refractivity contribution in [2.75, 3.05) is 6.54 Å². The van der Waals surface area contributed by atoms with Crippen molar-refractivity contribution in [2.24, 2.45) is 0 Å². The van der Waals surface area contributed by atoms with E-state index in [2.05, 4.69) is 11.9 Å². The fourth-order valence-corrected chi connectivity index (χ4v) is 1.24. The fraction of sp³-hybridized carbons (Fsp3) is 0.182. The highest BCUT2D eigenvalue weighted by Crippen LogP contribution is 2.10. The van der Waals surface area contributed by atoms with Gasteiger partial charge in [0.1, 0.15) is 5.82 Å². The van der Waals surface area contributed by atoms with Crippen LogP contribution in [-0.4, -0.2) is 6.54 Å². The molecule has 1 aromatic carbocycles. The number of rotatable bonds is 4. The number of hydrogen-bond acceptors (Lipinski definition) is 2. The van der Waals surface area contributed by atoms with Crippen LogP contribution in [-0.2, 0) is 6.54 Å². The van der Waals surface area contributed by atoms with Crippen molar-refractivity contribution in [2.45, 2.75) is 6.54 Å². The summed E-state index contributed by atoms with van der Waals surface area (Å²) >= 11 is 5.55. The van der Waals surface area contributed by atoms with Gasteiger partial charge in [0.15, 0.2) is 0 Å². The second-order valence-electron chi connectivity index (χ2n) is 3.03. The third kappa shape index (κ3) is 3.70. The molecule has 1 rings (SSSR count). The topological polar surface area (TPSA) is 35.8 Å². The van der Waals surface area contributed by atoms with E-state index in [4.69, 9.17) is 16.9 Å². The van der Waals surface area contributed by atoms with Crippen LogP contribution in [0.2, 0.25) is 0 Å². The van der Waals surface area contributed by atoms with Gasteiger partial charge in [-0.25, -0.2) is 4.39 Å². The molecule has 4 heteroatoms. The SMILES string of the molecule is C=C(Cl)CNCc1cc(F)ccc1C#N. The highest BCUT2D eigenvalue weighted by molar-refractivity contribution is 6.29. The molecule has 78 valence electrons. The van der Waals surface area contributed by atoms with Crippen molar-refractivity contribution in [3.8, 4) is 6.07 Å². The predicted molar refractivity (Wildman–Crippen MR) is 57.8 cm³/mol. The third-order valence-corrected chi connectivity index (χ3v) is 1.95. The first-order valence-corrected chi connectivity index (χ1v) is 4.74. The highest BCUT2D eigenvalue weighted by Gasteiger charge is 2.03. The van der Waals surface area contributed by atoms with Crippen LogP contribution in [0.5, 0.6) is 0 Å². The Labute approximate surface area is 93.0 Å². The zero-order valence-electron chi connectivity index (χ0n) is 8.06. The average molecular weight is 225 g/mol. The molecule has 0 spiro atoms. The standard InChI is InChI=1S/C11H10ClFN2/c1-8(12)6-15-7-10-4-11(13)3-2-9(10)5-14/h2-4,15H,1,6-7H2. The summed E-state index contributed by atoms with van der Waals surface area (Å²) in [5, 5.41) is 12.2. The fourth-order valence-electron chi connectivity index (χ4n) is 1.15. The molecule has 1 aromatic rings. The van der Waals surface area contributed by atoms with E-state index in [0.717, 1.165) is 0 Å². The molecule has 0 aliphatic rings. The Balaban J connectivity index is 2.71. The van der Waals surface area contributed by atoms with Gasteiger partial charge in [0.2, 0.25) is 0 Å². The van der Waals surface area contributed by atoms with Crippen LogP contribution < -0.4 is 5.32 Å². The lowest BCUT2D eigenvalue weighted by Crippen LogP contribution is -2.15. The summed E-state index contributed by atoms with van der Waals surface area (Å²) in [5.74, 6) is -0.351. The normalized spacial score (nSPS) is 9.67. The Morgan fingerprint density at radius 3 is 2.93 bits per heavy atom. The average Bonchev–Trinajstić information content (AvgIpc) is 2.17. The molecule has 0 aliphatic carbocycles. The largest absolute Gasteiger partial charge is 0.308 e. The van der Waals surface area contributed by atoms with E-state index < -0.39 is 0 Å². The Morgan fingerprint density at radius 1 is 1.60 bits per heavy atom. The van der Waals surface area contributed by atoms with Gasteiger partial charge >= 0.3 is 0 Å². The maximum absolute atomic E-state index is 12.9. The van der Waals surface area contributed by atoms with Crippen LogP contribution in [0.1, 0.15) is 11.1 Å². The first kappa shape index (κ1) is 11.7. The molecular formula is C11H10ClFN2. The number of benzene rings is 1. The van der Waals surface area contributed by atoms with Gasteiger partial charge in [-0.1, -0.05) is 18.2 Å². The minimum Gasteiger partial charge on any atom is -0.308 e. The third-order valence-electron chi connectivity index (χ3n) is 1.82. The molecule has 0 saturated carbocycles. The number of nitriles is 1. The molecule has 0 atom stereocenters. The molecule has 0 aromatic heterocycles. The Kier molecular flexibility index (Phi) is 4.29. The number of nitrogens with one attached hydrogen (secondary N) is 1. The molecule has 15 heavy (non-hydrogen) atoms. The molecule has 0 aliphatic heterocycles. The molecule has 0 amide bonds. The van der Waals surface area contributed by atoms with Gasteiger partial charge in [-0.2, -0.15) is 5.26 Å². The van der Waals surface area contributed by atoms with Crippen LogP contribution >= 0.6 is 11.6 Å². The van der Waals surface area contributed by atoms with E-state index in [1.807, 2.05) is 6.07 Å². The monoisotopic (exact) mass is 224 g/mol. The Morgan fingerprint density at radius 2 is 2.33 bits per heavy atom. The first-order valence-electron chi connectivity index (χ1n) is 4.36. The summed E-state index contributed by atoms with van der Waals surface area (Å²) in [5.41, 5.74) is 1.08. The Bertz CT molecular complexity index is 410. The molecule has 0 bridgehead atoms. The zero-order valence-corrected chi connectivity index (χ0v) is 8.81. The molecule has 2 nitrogen and oxygen atoms in total. The minimum atomic E-state index is -0.351. The smallest absolute Gasteiger partial charge is 0.123 e. The summed E-state index contributed by atoms with van der Waals surface area (Å²) in [6.45, 7) is 4.34. The van der Waals surface area contributed by atoms with E-state index in [-0.39, 0.29) is 5.82 Å². The number of halogens is 2. The van der Waals surface area contributed by atoms with Gasteiger partial charge in [0.05, 0.1) is 11.6 Å². The molecule has 0 fully saturated rings. The van der Waals surface area contributed by atoms with Crippen LogP contribution in [0.15, 0.2) is 29.8 Å². The molecule has 0 heterocycles. The maximum atomic E-state index is 12.9. The van der Waals surface area contributed by atoms with Gasteiger partial charge in [-0.3, -0.25) is 0 Å². The van der Waals surface area contributed by atoms with E-state index in [9.17, 15) is 4.39 Å². The summed E-state index contributed by atoms with van der Waals surface area (Å²) < 4.78 is 12.9. The number of nitrogens with zero attached hydrogens (tertiary/aromatic N) is 1. The quantitative estimate of drug-likeness (QED) is 0.853. The van der Waals surface area contributed by atoms with Crippen LogP contribution in [0.3, 0.4) is 0 Å². The van der Waals surface area contributed by atoms with E-state index in [0.29, 0.717) is 29.2 Å². The summed E-state index contributed by atoms with van der Waals surface area (Å²) in [6.07, 6.45) is 0. The van der Waals surface area contributed by atoms with Crippen molar-refractivity contribution in [3.05, 3.63) is 46.8 Å². The lowest BCUT2D eigenvalue weighted by molar-refractivity contribution is 0.622. The second-order valence-corrected chi connectivity index (χ2v) is 3.57. The lowest BCUT2D eigenvalue weighted by Gasteiger charge is -2.05. The van der Waals surface area contributed by atoms with Crippen molar-refractivity contribution < 1.29 is 4.39 Å². The van der Waals surface area contributed by atoms with Crippen molar-refractivity contribution in [1.29, 1.82) is 5.26 Å². The molecule has 0 radical (unpaired) electrons. The summed E-state index contributed by atoms with van der Waals surface area (Å²) in [7, 11) is 0. The summed E-state index contributed by atoms with van der Waals surface area (Å²) in [4.78, 5) is 0. The van der Waals surface area contributed by atoms with Crippen molar-refractivity contribution >= 4 is 11.6 Å². The van der Waals surface area contributed by atoms with Gasteiger partial charge in [0.25, 0.3) is 0 Å². The van der Waals surface area contributed by atoms with Gasteiger partial charge in [-0.05, 0) is 23.8 Å². The Hall–Kier alpha value is -1.37. The maximum Gasteiger partial charge on any atom is 0.123 e. The predicted octanol–water partition coefficient (Wildman–Crippen LogP) is 2.54.